The Morgan fingerprint density at radius 3 is 2.39 bits per heavy atom. The number of nitrogens with one attached hydrogen (secondary N) is 1. The lowest BCUT2D eigenvalue weighted by Gasteiger charge is -2.36. The number of nitrogens with zero attached hydrogens (tertiary/aromatic N) is 2. The summed E-state index contributed by atoms with van der Waals surface area (Å²) >= 11 is 0. The molecule has 0 bridgehead atoms. The van der Waals surface area contributed by atoms with E-state index < -0.39 is 29.9 Å². The molecule has 1 unspecified atom stereocenters. The maximum Gasteiger partial charge on any atom is 0.318 e. The minimum absolute atomic E-state index is 0.0444. The van der Waals surface area contributed by atoms with Crippen molar-refractivity contribution in [2.75, 3.05) is 20.1 Å². The number of likely N-dealkylation sites (tertiary alicyclic amines) is 2. The van der Waals surface area contributed by atoms with Gasteiger partial charge in [-0.3, -0.25) is 19.3 Å². The number of likely N-dealkylation sites (N-methyl/N-ethyl adjacent to an activating group) is 1. The van der Waals surface area contributed by atoms with Crippen LogP contribution in [-0.2, 0) is 14.4 Å². The second kappa shape index (κ2) is 4.28. The number of rotatable bonds is 2. The first-order chi connectivity index (χ1) is 8.40. The Kier molecular flexibility index (Phi) is 2.93. The summed E-state index contributed by atoms with van der Waals surface area (Å²) in [4.78, 5) is 47.3. The van der Waals surface area contributed by atoms with Crippen molar-refractivity contribution in [1.29, 1.82) is 0 Å². The molecular weight excluding hydrogens is 242 g/mol. The Morgan fingerprint density at radius 1 is 1.33 bits per heavy atom. The molecule has 0 spiro atoms. The van der Waals surface area contributed by atoms with Gasteiger partial charge in [-0.05, 0) is 0 Å². The minimum Gasteiger partial charge on any atom is -0.481 e. The van der Waals surface area contributed by atoms with Gasteiger partial charge in [-0.2, -0.15) is 0 Å². The largest absolute Gasteiger partial charge is 0.481 e. The molecule has 2 fully saturated rings. The molecule has 0 aromatic rings. The molecule has 2 aliphatic heterocycles. The first kappa shape index (κ1) is 12.3. The van der Waals surface area contributed by atoms with Gasteiger partial charge in [0.1, 0.15) is 6.04 Å². The summed E-state index contributed by atoms with van der Waals surface area (Å²) in [7, 11) is 1.36. The van der Waals surface area contributed by atoms with Gasteiger partial charge in [0.05, 0.1) is 12.3 Å². The van der Waals surface area contributed by atoms with Crippen LogP contribution < -0.4 is 5.32 Å². The highest BCUT2D eigenvalue weighted by atomic mass is 16.4. The maximum atomic E-state index is 11.6. The Balaban J connectivity index is 1.85. The lowest BCUT2D eigenvalue weighted by molar-refractivity contribution is -0.146. The third-order valence-electron chi connectivity index (χ3n) is 3.20. The number of amides is 4. The lowest BCUT2D eigenvalue weighted by Crippen LogP contribution is -2.58. The molecule has 0 saturated carbocycles. The standard InChI is InChI=1S/C10H13N3O5/c1-12-7(14)2-6(8(12)15)11-10(18)13-3-5(4-13)9(16)17/h5-6H,2-4H2,1H3,(H,11,18)(H,16,17). The number of hydrogen-bond acceptors (Lipinski definition) is 4. The summed E-state index contributed by atoms with van der Waals surface area (Å²) < 4.78 is 0. The van der Waals surface area contributed by atoms with Crippen molar-refractivity contribution >= 4 is 23.8 Å². The Bertz CT molecular complexity index is 429. The molecule has 0 aliphatic carbocycles. The van der Waals surface area contributed by atoms with Gasteiger partial charge in [0.15, 0.2) is 0 Å². The Labute approximate surface area is 103 Å². The van der Waals surface area contributed by atoms with E-state index >= 15 is 0 Å². The molecule has 0 aromatic heterocycles. The van der Waals surface area contributed by atoms with E-state index in [0.29, 0.717) is 0 Å². The number of carbonyl (C=O) groups is 4. The van der Waals surface area contributed by atoms with Gasteiger partial charge in [0, 0.05) is 20.1 Å². The normalized spacial score (nSPS) is 24.2. The molecule has 2 heterocycles. The second-order valence-corrected chi connectivity index (χ2v) is 4.44. The molecule has 8 nitrogen and oxygen atoms in total. The summed E-state index contributed by atoms with van der Waals surface area (Å²) in [5.41, 5.74) is 0. The molecule has 18 heavy (non-hydrogen) atoms. The molecule has 2 saturated heterocycles. The fraction of sp³-hybridized carbons (Fsp3) is 0.600. The van der Waals surface area contributed by atoms with Gasteiger partial charge in [-0.1, -0.05) is 0 Å². The molecule has 98 valence electrons. The van der Waals surface area contributed by atoms with E-state index in [-0.39, 0.29) is 25.4 Å². The molecule has 8 heteroatoms. The predicted molar refractivity (Wildman–Crippen MR) is 57.4 cm³/mol. The fourth-order valence-electron chi connectivity index (χ4n) is 1.91. The second-order valence-electron chi connectivity index (χ2n) is 4.44. The third kappa shape index (κ3) is 2.01. The number of hydrogen-bond donors (Lipinski definition) is 2. The zero-order valence-electron chi connectivity index (χ0n) is 9.75. The van der Waals surface area contributed by atoms with Gasteiger partial charge in [-0.15, -0.1) is 0 Å². The van der Waals surface area contributed by atoms with E-state index in [2.05, 4.69) is 5.32 Å². The van der Waals surface area contributed by atoms with E-state index in [1.165, 1.54) is 11.9 Å². The van der Waals surface area contributed by atoms with Crippen LogP contribution in [0.2, 0.25) is 0 Å². The predicted octanol–water partition coefficient (Wildman–Crippen LogP) is -1.53. The first-order valence-corrected chi connectivity index (χ1v) is 5.48. The Morgan fingerprint density at radius 2 is 1.94 bits per heavy atom. The van der Waals surface area contributed by atoms with Gasteiger partial charge in [0.25, 0.3) is 5.91 Å². The number of imide groups is 1. The van der Waals surface area contributed by atoms with Crippen LogP contribution in [0.3, 0.4) is 0 Å². The van der Waals surface area contributed by atoms with Crippen LogP contribution in [0.1, 0.15) is 6.42 Å². The van der Waals surface area contributed by atoms with Gasteiger partial charge in [0.2, 0.25) is 5.91 Å². The van der Waals surface area contributed by atoms with E-state index in [4.69, 9.17) is 5.11 Å². The zero-order valence-corrected chi connectivity index (χ0v) is 9.75. The molecule has 0 aromatic carbocycles. The third-order valence-corrected chi connectivity index (χ3v) is 3.20. The first-order valence-electron chi connectivity index (χ1n) is 5.48. The molecule has 2 aliphatic rings. The average Bonchev–Trinajstić information content (AvgIpc) is 2.43. The number of urea groups is 1. The zero-order chi connectivity index (χ0) is 13.4. The fourth-order valence-corrected chi connectivity index (χ4v) is 1.91. The monoisotopic (exact) mass is 255 g/mol. The van der Waals surface area contributed by atoms with Gasteiger partial charge >= 0.3 is 12.0 Å². The number of carboxylic acids is 1. The van der Waals surface area contributed by atoms with Crippen molar-refractivity contribution in [1.82, 2.24) is 15.1 Å². The van der Waals surface area contributed by atoms with Crippen molar-refractivity contribution < 1.29 is 24.3 Å². The molecule has 0 radical (unpaired) electrons. The van der Waals surface area contributed by atoms with Crippen LogP contribution >= 0.6 is 0 Å². The lowest BCUT2D eigenvalue weighted by atomic mass is 10.0. The summed E-state index contributed by atoms with van der Waals surface area (Å²) in [5.74, 6) is -2.26. The van der Waals surface area contributed by atoms with Crippen molar-refractivity contribution in [3.63, 3.8) is 0 Å². The highest BCUT2D eigenvalue weighted by molar-refractivity contribution is 6.06. The van der Waals surface area contributed by atoms with Crippen molar-refractivity contribution in [3.8, 4) is 0 Å². The number of carboxylic acid groups (broad SMARTS) is 1. The summed E-state index contributed by atoms with van der Waals surface area (Å²) in [5, 5.41) is 11.1. The van der Waals surface area contributed by atoms with E-state index in [1.54, 1.807) is 0 Å². The van der Waals surface area contributed by atoms with Crippen LogP contribution in [0.4, 0.5) is 4.79 Å². The average molecular weight is 255 g/mol. The topological polar surface area (TPSA) is 107 Å². The molecule has 4 amide bonds. The molecular formula is C10H13N3O5. The van der Waals surface area contributed by atoms with Crippen LogP contribution in [0.5, 0.6) is 0 Å². The SMILES string of the molecule is CN1C(=O)CC(NC(=O)N2CC(C(=O)O)C2)C1=O. The molecule has 1 atom stereocenters. The highest BCUT2D eigenvalue weighted by Crippen LogP contribution is 2.17. The van der Waals surface area contributed by atoms with Crippen molar-refractivity contribution in [2.24, 2.45) is 5.92 Å². The molecule has 2 N–H and O–H groups in total. The van der Waals surface area contributed by atoms with E-state index in [9.17, 15) is 19.2 Å². The maximum absolute atomic E-state index is 11.6. The minimum atomic E-state index is -0.939. The smallest absolute Gasteiger partial charge is 0.318 e. The van der Waals surface area contributed by atoms with Crippen molar-refractivity contribution in [2.45, 2.75) is 12.5 Å². The highest BCUT2D eigenvalue weighted by Gasteiger charge is 2.40. The quantitative estimate of drug-likeness (QED) is 0.582. The van der Waals surface area contributed by atoms with Crippen LogP contribution in [-0.4, -0.2) is 64.9 Å². The van der Waals surface area contributed by atoms with E-state index in [1.807, 2.05) is 0 Å². The Hall–Kier alpha value is -2.12. The summed E-state index contributed by atoms with van der Waals surface area (Å²) in [6, 6.07) is -1.34. The molecule has 2 rings (SSSR count). The van der Waals surface area contributed by atoms with Crippen LogP contribution in [0.25, 0.3) is 0 Å². The van der Waals surface area contributed by atoms with Crippen LogP contribution in [0.15, 0.2) is 0 Å². The summed E-state index contributed by atoms with van der Waals surface area (Å²) in [6.07, 6.45) is -0.0444. The summed E-state index contributed by atoms with van der Waals surface area (Å²) in [6.45, 7) is 0.262. The van der Waals surface area contributed by atoms with Crippen molar-refractivity contribution in [3.05, 3.63) is 0 Å². The van der Waals surface area contributed by atoms with Gasteiger partial charge in [-0.25, -0.2) is 4.79 Å². The van der Waals surface area contributed by atoms with Crippen LogP contribution in [0, 0.1) is 5.92 Å². The number of aliphatic carboxylic acids is 1. The van der Waals surface area contributed by atoms with Gasteiger partial charge < -0.3 is 15.3 Å². The van der Waals surface area contributed by atoms with E-state index in [0.717, 1.165) is 4.90 Å². The number of carbonyl (C=O) groups excluding carboxylic acids is 3.